The van der Waals surface area contributed by atoms with Crippen molar-refractivity contribution in [3.05, 3.63) is 64.6 Å². The fraction of sp³-hybridized carbons (Fsp3) is 0.364. The Bertz CT molecular complexity index is 1130. The third-order valence-electron chi connectivity index (χ3n) is 5.36. The van der Waals surface area contributed by atoms with Gasteiger partial charge in [-0.2, -0.15) is 9.50 Å². The lowest BCUT2D eigenvalue weighted by atomic mass is 10.1. The SMILES string of the molecule is C=CCn1c(C)c(CC(=O)NC[C@@H]2CCCO2)c(=O)n2nc(-c3ccccc3)nc12. The van der Waals surface area contributed by atoms with Crippen LogP contribution in [0.1, 0.15) is 24.1 Å². The van der Waals surface area contributed by atoms with Crippen molar-refractivity contribution < 1.29 is 9.53 Å². The first-order valence-electron chi connectivity index (χ1n) is 10.1. The molecule has 2 aromatic heterocycles. The van der Waals surface area contributed by atoms with E-state index < -0.39 is 0 Å². The van der Waals surface area contributed by atoms with Gasteiger partial charge in [-0.15, -0.1) is 11.7 Å². The third-order valence-corrected chi connectivity index (χ3v) is 5.36. The van der Waals surface area contributed by atoms with E-state index >= 15 is 0 Å². The van der Waals surface area contributed by atoms with Gasteiger partial charge in [0.25, 0.3) is 5.56 Å². The predicted molar refractivity (Wildman–Crippen MR) is 113 cm³/mol. The highest BCUT2D eigenvalue weighted by molar-refractivity contribution is 5.78. The maximum Gasteiger partial charge on any atom is 0.279 e. The number of hydrogen-bond donors (Lipinski definition) is 1. The molecular formula is C22H25N5O3. The summed E-state index contributed by atoms with van der Waals surface area (Å²) in [6.07, 6.45) is 3.72. The Hall–Kier alpha value is -3.26. The van der Waals surface area contributed by atoms with Gasteiger partial charge in [-0.1, -0.05) is 36.4 Å². The molecular weight excluding hydrogens is 382 g/mol. The molecule has 1 amide bonds. The summed E-state index contributed by atoms with van der Waals surface area (Å²) < 4.78 is 8.68. The van der Waals surface area contributed by atoms with Crippen LogP contribution in [0.15, 0.2) is 47.8 Å². The summed E-state index contributed by atoms with van der Waals surface area (Å²) in [5.41, 5.74) is 1.58. The normalized spacial score (nSPS) is 16.1. The quantitative estimate of drug-likeness (QED) is 0.604. The lowest BCUT2D eigenvalue weighted by Crippen LogP contribution is -2.35. The number of benzene rings is 1. The first-order chi connectivity index (χ1) is 14.6. The predicted octanol–water partition coefficient (Wildman–Crippen LogP) is 1.89. The van der Waals surface area contributed by atoms with Crippen LogP contribution >= 0.6 is 0 Å². The van der Waals surface area contributed by atoms with E-state index in [1.54, 1.807) is 6.08 Å². The maximum atomic E-state index is 13.2. The second-order valence-electron chi connectivity index (χ2n) is 7.40. The molecule has 1 saturated heterocycles. The first kappa shape index (κ1) is 20.0. The van der Waals surface area contributed by atoms with Crippen LogP contribution in [-0.4, -0.2) is 44.3 Å². The fourth-order valence-corrected chi connectivity index (χ4v) is 3.73. The smallest absolute Gasteiger partial charge is 0.279 e. The van der Waals surface area contributed by atoms with Gasteiger partial charge in [0.15, 0.2) is 5.82 Å². The Balaban J connectivity index is 1.69. The minimum absolute atomic E-state index is 0.0228. The Morgan fingerprint density at radius 1 is 1.37 bits per heavy atom. The number of rotatable bonds is 7. The number of amides is 1. The summed E-state index contributed by atoms with van der Waals surface area (Å²) in [5, 5.41) is 7.31. The molecule has 1 aromatic carbocycles. The van der Waals surface area contributed by atoms with Gasteiger partial charge in [-0.3, -0.25) is 9.59 Å². The van der Waals surface area contributed by atoms with Crippen molar-refractivity contribution in [2.45, 2.75) is 38.8 Å². The minimum atomic E-state index is -0.329. The zero-order chi connectivity index (χ0) is 21.1. The standard InChI is InChI=1S/C22H25N5O3/c1-3-11-26-15(2)18(13-19(28)23-14-17-10-7-12-30-17)21(29)27-22(26)24-20(25-27)16-8-5-4-6-9-16/h3-6,8-9,17H,1,7,10-14H2,2H3,(H,23,28)/t17-/m0/s1. The average molecular weight is 407 g/mol. The van der Waals surface area contributed by atoms with Crippen LogP contribution in [-0.2, 0) is 22.5 Å². The molecule has 8 heteroatoms. The summed E-state index contributed by atoms with van der Waals surface area (Å²) in [6, 6.07) is 9.48. The summed E-state index contributed by atoms with van der Waals surface area (Å²) >= 11 is 0. The van der Waals surface area contributed by atoms with E-state index in [0.29, 0.717) is 35.9 Å². The summed E-state index contributed by atoms with van der Waals surface area (Å²) in [5.74, 6) is 0.684. The molecule has 0 radical (unpaired) electrons. The molecule has 156 valence electrons. The third kappa shape index (κ3) is 3.91. The molecule has 3 heterocycles. The van der Waals surface area contributed by atoms with Crippen LogP contribution in [0.25, 0.3) is 17.2 Å². The van der Waals surface area contributed by atoms with Gasteiger partial charge >= 0.3 is 0 Å². The number of nitrogens with zero attached hydrogens (tertiary/aromatic N) is 4. The van der Waals surface area contributed by atoms with E-state index in [1.807, 2.05) is 41.8 Å². The van der Waals surface area contributed by atoms with Crippen molar-refractivity contribution in [1.82, 2.24) is 24.5 Å². The van der Waals surface area contributed by atoms with Gasteiger partial charge in [-0.25, -0.2) is 0 Å². The Kier molecular flexibility index (Phi) is 5.76. The molecule has 1 aliphatic heterocycles. The van der Waals surface area contributed by atoms with Gasteiger partial charge in [0, 0.05) is 36.5 Å². The van der Waals surface area contributed by atoms with Crippen molar-refractivity contribution in [3.8, 4) is 11.4 Å². The van der Waals surface area contributed by atoms with E-state index in [2.05, 4.69) is 22.0 Å². The van der Waals surface area contributed by atoms with Crippen molar-refractivity contribution in [1.29, 1.82) is 0 Å². The van der Waals surface area contributed by atoms with E-state index in [1.165, 1.54) is 4.52 Å². The van der Waals surface area contributed by atoms with Crippen molar-refractivity contribution in [2.24, 2.45) is 0 Å². The maximum absolute atomic E-state index is 13.2. The Morgan fingerprint density at radius 3 is 2.87 bits per heavy atom. The molecule has 1 fully saturated rings. The number of carbonyl (C=O) groups excluding carboxylic acids is 1. The summed E-state index contributed by atoms with van der Waals surface area (Å²) in [7, 11) is 0. The lowest BCUT2D eigenvalue weighted by Gasteiger charge is -2.15. The summed E-state index contributed by atoms with van der Waals surface area (Å²) in [6.45, 7) is 7.28. The molecule has 1 aliphatic rings. The molecule has 0 unspecified atom stereocenters. The number of carbonyl (C=O) groups is 1. The zero-order valence-electron chi connectivity index (χ0n) is 17.0. The van der Waals surface area contributed by atoms with E-state index in [-0.39, 0.29) is 24.0 Å². The Morgan fingerprint density at radius 2 is 2.17 bits per heavy atom. The second kappa shape index (κ2) is 8.62. The van der Waals surface area contributed by atoms with E-state index in [9.17, 15) is 9.59 Å². The molecule has 0 spiro atoms. The zero-order valence-corrected chi connectivity index (χ0v) is 17.0. The van der Waals surface area contributed by atoms with Crippen LogP contribution in [0.3, 0.4) is 0 Å². The van der Waals surface area contributed by atoms with Crippen molar-refractivity contribution in [3.63, 3.8) is 0 Å². The second-order valence-corrected chi connectivity index (χ2v) is 7.40. The van der Waals surface area contributed by atoms with Gasteiger partial charge in [-0.05, 0) is 19.8 Å². The van der Waals surface area contributed by atoms with Crippen LogP contribution in [0.4, 0.5) is 0 Å². The summed E-state index contributed by atoms with van der Waals surface area (Å²) in [4.78, 5) is 30.3. The highest BCUT2D eigenvalue weighted by Gasteiger charge is 2.21. The average Bonchev–Trinajstić information content (AvgIpc) is 3.43. The van der Waals surface area contributed by atoms with Crippen LogP contribution < -0.4 is 10.9 Å². The lowest BCUT2D eigenvalue weighted by molar-refractivity contribution is -0.121. The highest BCUT2D eigenvalue weighted by Crippen LogP contribution is 2.17. The molecule has 0 aliphatic carbocycles. The number of hydrogen-bond acceptors (Lipinski definition) is 5. The van der Waals surface area contributed by atoms with Crippen molar-refractivity contribution in [2.75, 3.05) is 13.2 Å². The van der Waals surface area contributed by atoms with Gasteiger partial charge in [0.05, 0.1) is 12.5 Å². The van der Waals surface area contributed by atoms with Crippen LogP contribution in [0, 0.1) is 6.92 Å². The Labute approximate surface area is 174 Å². The number of fused-ring (bicyclic) bond motifs is 1. The topological polar surface area (TPSA) is 90.5 Å². The largest absolute Gasteiger partial charge is 0.376 e. The van der Waals surface area contributed by atoms with Crippen LogP contribution in [0.2, 0.25) is 0 Å². The molecule has 1 atom stereocenters. The highest BCUT2D eigenvalue weighted by atomic mass is 16.5. The van der Waals surface area contributed by atoms with E-state index in [4.69, 9.17) is 4.74 Å². The monoisotopic (exact) mass is 407 g/mol. The van der Waals surface area contributed by atoms with Gasteiger partial charge < -0.3 is 14.6 Å². The molecule has 3 aromatic rings. The fourth-order valence-electron chi connectivity index (χ4n) is 3.73. The molecule has 4 rings (SSSR count). The van der Waals surface area contributed by atoms with Gasteiger partial charge in [0.2, 0.25) is 11.7 Å². The number of aromatic nitrogens is 4. The van der Waals surface area contributed by atoms with E-state index in [0.717, 1.165) is 25.0 Å². The molecule has 30 heavy (non-hydrogen) atoms. The number of nitrogens with one attached hydrogen (secondary N) is 1. The first-order valence-corrected chi connectivity index (χ1v) is 10.1. The molecule has 0 bridgehead atoms. The van der Waals surface area contributed by atoms with Crippen molar-refractivity contribution >= 4 is 11.7 Å². The molecule has 1 N–H and O–H groups in total. The number of ether oxygens (including phenoxy) is 1. The van der Waals surface area contributed by atoms with Gasteiger partial charge in [0.1, 0.15) is 0 Å². The molecule has 8 nitrogen and oxygen atoms in total. The number of allylic oxidation sites excluding steroid dienone is 1. The molecule has 0 saturated carbocycles. The van der Waals surface area contributed by atoms with Crippen LogP contribution in [0.5, 0.6) is 0 Å². The minimum Gasteiger partial charge on any atom is -0.376 e.